The first-order valence-corrected chi connectivity index (χ1v) is 9.73. The quantitative estimate of drug-likeness (QED) is 0.508. The van der Waals surface area contributed by atoms with Crippen molar-refractivity contribution in [2.75, 3.05) is 4.72 Å². The SMILES string of the molecule is O=C(NCc1ccc(C(F)(F)F)c(Cl)c1)c1ccc(SNc2ncns2)cc1. The maximum Gasteiger partial charge on any atom is 0.417 e. The number of hydrogen-bond acceptors (Lipinski definition) is 6. The number of anilines is 1. The van der Waals surface area contributed by atoms with Crippen LogP contribution < -0.4 is 10.0 Å². The lowest BCUT2D eigenvalue weighted by Crippen LogP contribution is -2.22. The largest absolute Gasteiger partial charge is 0.417 e. The van der Waals surface area contributed by atoms with Gasteiger partial charge in [-0.05, 0) is 53.9 Å². The second-order valence-corrected chi connectivity index (χ2v) is 7.54. The van der Waals surface area contributed by atoms with Crippen LogP contribution in [0.2, 0.25) is 5.02 Å². The normalized spacial score (nSPS) is 11.3. The fourth-order valence-corrected chi connectivity index (χ4v) is 3.58. The molecule has 28 heavy (non-hydrogen) atoms. The number of nitrogens with one attached hydrogen (secondary N) is 2. The van der Waals surface area contributed by atoms with Gasteiger partial charge in [-0.15, -0.1) is 0 Å². The lowest BCUT2D eigenvalue weighted by Gasteiger charge is -2.11. The Morgan fingerprint density at radius 2 is 1.93 bits per heavy atom. The van der Waals surface area contributed by atoms with Gasteiger partial charge in [0.15, 0.2) is 0 Å². The highest BCUT2D eigenvalue weighted by atomic mass is 35.5. The highest BCUT2D eigenvalue weighted by Crippen LogP contribution is 2.34. The molecule has 0 aliphatic heterocycles. The van der Waals surface area contributed by atoms with Crippen molar-refractivity contribution in [3.8, 4) is 0 Å². The van der Waals surface area contributed by atoms with E-state index in [1.54, 1.807) is 24.3 Å². The van der Waals surface area contributed by atoms with E-state index in [1.807, 2.05) is 0 Å². The Kier molecular flexibility index (Phi) is 6.42. The molecule has 0 radical (unpaired) electrons. The fourth-order valence-electron chi connectivity index (χ4n) is 2.18. The van der Waals surface area contributed by atoms with E-state index in [9.17, 15) is 18.0 Å². The number of carbonyl (C=O) groups excluding carboxylic acids is 1. The molecule has 0 fully saturated rings. The zero-order chi connectivity index (χ0) is 20.1. The van der Waals surface area contributed by atoms with Gasteiger partial charge < -0.3 is 10.0 Å². The maximum atomic E-state index is 12.7. The third-order valence-corrected chi connectivity index (χ3v) is 5.35. The zero-order valence-electron chi connectivity index (χ0n) is 14.0. The summed E-state index contributed by atoms with van der Waals surface area (Å²) >= 11 is 8.24. The van der Waals surface area contributed by atoms with Crippen molar-refractivity contribution in [3.05, 3.63) is 70.5 Å². The minimum Gasteiger partial charge on any atom is -0.348 e. The average molecular weight is 445 g/mol. The van der Waals surface area contributed by atoms with Gasteiger partial charge in [-0.3, -0.25) is 4.79 Å². The average Bonchev–Trinajstić information content (AvgIpc) is 3.17. The molecule has 3 rings (SSSR count). The summed E-state index contributed by atoms with van der Waals surface area (Å²) in [6.07, 6.45) is -3.06. The number of halogens is 4. The van der Waals surface area contributed by atoms with Crippen LogP contribution in [-0.2, 0) is 12.7 Å². The van der Waals surface area contributed by atoms with Gasteiger partial charge >= 0.3 is 6.18 Å². The first kappa shape index (κ1) is 20.4. The standard InChI is InChI=1S/C17H12ClF3N4OS2/c18-14-7-10(1-6-13(14)17(19,20)21)8-22-15(26)11-2-4-12(5-3-11)27-25-16-23-9-24-28-16/h1-7,9H,8H2,(H,22,26)(H,23,24,25). The summed E-state index contributed by atoms with van der Waals surface area (Å²) in [5.41, 5.74) is -0.00229. The molecule has 2 N–H and O–H groups in total. The van der Waals surface area contributed by atoms with Gasteiger partial charge in [0.2, 0.25) is 5.13 Å². The summed E-state index contributed by atoms with van der Waals surface area (Å²) in [6, 6.07) is 10.2. The second kappa shape index (κ2) is 8.80. The van der Waals surface area contributed by atoms with Crippen molar-refractivity contribution in [1.82, 2.24) is 14.7 Å². The highest BCUT2D eigenvalue weighted by molar-refractivity contribution is 8.00. The van der Waals surface area contributed by atoms with Crippen LogP contribution in [0, 0.1) is 0 Å². The van der Waals surface area contributed by atoms with Gasteiger partial charge in [-0.25, -0.2) is 4.98 Å². The van der Waals surface area contributed by atoms with Gasteiger partial charge in [0.25, 0.3) is 5.91 Å². The predicted molar refractivity (Wildman–Crippen MR) is 103 cm³/mol. The number of alkyl halides is 3. The summed E-state index contributed by atoms with van der Waals surface area (Å²) in [5.74, 6) is -0.343. The maximum absolute atomic E-state index is 12.7. The molecule has 0 atom stereocenters. The Morgan fingerprint density at radius 1 is 1.18 bits per heavy atom. The zero-order valence-corrected chi connectivity index (χ0v) is 16.3. The molecule has 146 valence electrons. The predicted octanol–water partition coefficient (Wildman–Crippen LogP) is 5.26. The van der Waals surface area contributed by atoms with E-state index in [-0.39, 0.29) is 12.5 Å². The van der Waals surface area contributed by atoms with Crippen LogP contribution in [-0.4, -0.2) is 15.3 Å². The first-order valence-electron chi connectivity index (χ1n) is 7.76. The van der Waals surface area contributed by atoms with Crippen molar-refractivity contribution in [1.29, 1.82) is 0 Å². The fraction of sp³-hybridized carbons (Fsp3) is 0.118. The number of nitrogens with zero attached hydrogens (tertiary/aromatic N) is 2. The topological polar surface area (TPSA) is 66.9 Å². The third kappa shape index (κ3) is 5.37. The Balaban J connectivity index is 1.55. The van der Waals surface area contributed by atoms with Crippen LogP contribution in [0.4, 0.5) is 18.3 Å². The Labute approximate surface area is 171 Å². The molecule has 0 saturated carbocycles. The molecule has 1 aromatic heterocycles. The molecule has 1 amide bonds. The molecule has 0 saturated heterocycles. The van der Waals surface area contributed by atoms with E-state index in [2.05, 4.69) is 19.4 Å². The van der Waals surface area contributed by atoms with Gasteiger partial charge in [0.1, 0.15) is 6.33 Å². The summed E-state index contributed by atoms with van der Waals surface area (Å²) in [7, 11) is 0. The number of rotatable bonds is 6. The summed E-state index contributed by atoms with van der Waals surface area (Å²) < 4.78 is 45.1. The molecule has 1 heterocycles. The molecule has 3 aromatic rings. The molecule has 0 aliphatic rings. The Morgan fingerprint density at radius 3 is 2.54 bits per heavy atom. The van der Waals surface area contributed by atoms with Crippen LogP contribution in [0.5, 0.6) is 0 Å². The smallest absolute Gasteiger partial charge is 0.348 e. The van der Waals surface area contributed by atoms with E-state index in [0.717, 1.165) is 11.0 Å². The van der Waals surface area contributed by atoms with Crippen LogP contribution in [0.1, 0.15) is 21.5 Å². The molecule has 0 unspecified atom stereocenters. The number of hydrogen-bond donors (Lipinski definition) is 2. The lowest BCUT2D eigenvalue weighted by atomic mass is 10.1. The van der Waals surface area contributed by atoms with E-state index >= 15 is 0 Å². The lowest BCUT2D eigenvalue weighted by molar-refractivity contribution is -0.137. The molecular weight excluding hydrogens is 433 g/mol. The summed E-state index contributed by atoms with van der Waals surface area (Å²) in [5, 5.41) is 2.93. The van der Waals surface area contributed by atoms with Crippen LogP contribution in [0.25, 0.3) is 0 Å². The molecule has 11 heteroatoms. The van der Waals surface area contributed by atoms with Crippen LogP contribution >= 0.6 is 35.1 Å². The monoisotopic (exact) mass is 444 g/mol. The highest BCUT2D eigenvalue weighted by Gasteiger charge is 2.32. The number of carbonyl (C=O) groups is 1. The van der Waals surface area contributed by atoms with E-state index < -0.39 is 16.8 Å². The Hall–Kier alpha value is -2.30. The van der Waals surface area contributed by atoms with Gasteiger partial charge in [-0.1, -0.05) is 17.7 Å². The first-order chi connectivity index (χ1) is 13.3. The molecular formula is C17H12ClF3N4OS2. The van der Waals surface area contributed by atoms with Crippen molar-refractivity contribution >= 4 is 46.1 Å². The molecule has 2 aromatic carbocycles. The van der Waals surface area contributed by atoms with Crippen LogP contribution in [0.15, 0.2) is 53.7 Å². The van der Waals surface area contributed by atoms with E-state index in [0.29, 0.717) is 16.3 Å². The Bertz CT molecular complexity index is 950. The number of amides is 1. The van der Waals surface area contributed by atoms with Gasteiger partial charge in [0, 0.05) is 28.5 Å². The number of benzene rings is 2. The molecule has 0 bridgehead atoms. The molecule has 0 aliphatic carbocycles. The van der Waals surface area contributed by atoms with Gasteiger partial charge in [-0.2, -0.15) is 17.5 Å². The number of aromatic nitrogens is 2. The summed E-state index contributed by atoms with van der Waals surface area (Å²) in [6.45, 7) is 0.0613. The van der Waals surface area contributed by atoms with Crippen LogP contribution in [0.3, 0.4) is 0 Å². The van der Waals surface area contributed by atoms with E-state index in [1.165, 1.54) is 41.9 Å². The van der Waals surface area contributed by atoms with Crippen molar-refractivity contribution in [3.63, 3.8) is 0 Å². The molecule has 5 nitrogen and oxygen atoms in total. The van der Waals surface area contributed by atoms with Crippen molar-refractivity contribution in [2.45, 2.75) is 17.6 Å². The minimum absolute atomic E-state index is 0.0613. The van der Waals surface area contributed by atoms with E-state index in [4.69, 9.17) is 11.6 Å². The van der Waals surface area contributed by atoms with Gasteiger partial charge in [0.05, 0.1) is 10.6 Å². The van der Waals surface area contributed by atoms with Crippen molar-refractivity contribution < 1.29 is 18.0 Å². The third-order valence-electron chi connectivity index (χ3n) is 3.53. The molecule has 0 spiro atoms. The minimum atomic E-state index is -4.51. The summed E-state index contributed by atoms with van der Waals surface area (Å²) in [4.78, 5) is 17.1. The second-order valence-electron chi connectivity index (χ2n) is 5.47. The van der Waals surface area contributed by atoms with Crippen molar-refractivity contribution in [2.24, 2.45) is 0 Å².